The van der Waals surface area contributed by atoms with Crippen LogP contribution in [-0.4, -0.2) is 11.7 Å². The molecule has 0 bridgehead atoms. The molecule has 0 radical (unpaired) electrons. The van der Waals surface area contributed by atoms with Crippen molar-refractivity contribution in [2.45, 2.75) is 26.3 Å². The number of benzene rings is 1. The van der Waals surface area contributed by atoms with E-state index >= 15 is 0 Å². The van der Waals surface area contributed by atoms with E-state index in [1.807, 2.05) is 44.2 Å². The van der Waals surface area contributed by atoms with E-state index in [-0.39, 0.29) is 17.9 Å². The number of aliphatic imine (C=N–C) groups is 1. The van der Waals surface area contributed by atoms with Gasteiger partial charge in [-0.25, -0.2) is 0 Å². The molecule has 1 unspecified atom stereocenters. The van der Waals surface area contributed by atoms with Gasteiger partial charge in [0.25, 0.3) is 0 Å². The molecule has 0 fully saturated rings. The molecule has 2 rings (SSSR count). The van der Waals surface area contributed by atoms with Gasteiger partial charge in [-0.05, 0) is 5.56 Å². The van der Waals surface area contributed by atoms with Gasteiger partial charge in [0.15, 0.2) is 0 Å². The van der Waals surface area contributed by atoms with Crippen LogP contribution < -0.4 is 5.32 Å². The zero-order chi connectivity index (χ0) is 11.5. The Kier molecular flexibility index (Phi) is 3.04. The fraction of sp³-hybridized carbons (Fsp3) is 0.385. The highest BCUT2D eigenvalue weighted by molar-refractivity contribution is 6.01. The van der Waals surface area contributed by atoms with Crippen molar-refractivity contribution in [2.24, 2.45) is 10.9 Å². The Morgan fingerprint density at radius 1 is 1.31 bits per heavy atom. The minimum Gasteiger partial charge on any atom is -0.314 e. The number of amidine groups is 1. The van der Waals surface area contributed by atoms with Crippen LogP contribution in [0.15, 0.2) is 35.3 Å². The van der Waals surface area contributed by atoms with E-state index in [4.69, 9.17) is 0 Å². The molecule has 84 valence electrons. The highest BCUT2D eigenvalue weighted by atomic mass is 16.1. The number of nitrogens with zero attached hydrogens (tertiary/aromatic N) is 1. The summed E-state index contributed by atoms with van der Waals surface area (Å²) in [6.07, 6.45) is 0.445. The van der Waals surface area contributed by atoms with Crippen LogP contribution in [0.4, 0.5) is 0 Å². The Balaban J connectivity index is 2.28. The normalized spacial score (nSPS) is 20.6. The monoisotopic (exact) mass is 216 g/mol. The lowest BCUT2D eigenvalue weighted by Crippen LogP contribution is -2.38. The second-order valence-electron chi connectivity index (χ2n) is 4.35. The van der Waals surface area contributed by atoms with Gasteiger partial charge in [-0.3, -0.25) is 9.79 Å². The number of hydrogen-bond donors (Lipinski definition) is 1. The molecule has 1 heterocycles. The van der Waals surface area contributed by atoms with E-state index in [0.717, 1.165) is 11.4 Å². The Hall–Kier alpha value is -1.64. The molecule has 16 heavy (non-hydrogen) atoms. The molecule has 1 aromatic rings. The molecule has 1 aliphatic rings. The highest BCUT2D eigenvalue weighted by Gasteiger charge is 2.23. The van der Waals surface area contributed by atoms with Gasteiger partial charge in [0.2, 0.25) is 5.91 Å². The topological polar surface area (TPSA) is 41.5 Å². The first kappa shape index (κ1) is 10.9. The quantitative estimate of drug-likeness (QED) is 0.809. The van der Waals surface area contributed by atoms with Crippen molar-refractivity contribution in [2.75, 3.05) is 0 Å². The Bertz CT molecular complexity index is 409. The van der Waals surface area contributed by atoms with Crippen molar-refractivity contribution in [1.29, 1.82) is 0 Å². The minimum atomic E-state index is -0.0210. The molecule has 3 heteroatoms. The van der Waals surface area contributed by atoms with Gasteiger partial charge in [0.1, 0.15) is 5.84 Å². The lowest BCUT2D eigenvalue weighted by atomic mass is 10.0. The third-order valence-corrected chi connectivity index (χ3v) is 2.67. The molecule has 0 aromatic heterocycles. The van der Waals surface area contributed by atoms with E-state index in [1.54, 1.807) is 0 Å². The third kappa shape index (κ3) is 2.30. The zero-order valence-electron chi connectivity index (χ0n) is 9.60. The van der Waals surface area contributed by atoms with Crippen LogP contribution in [0.25, 0.3) is 0 Å². The van der Waals surface area contributed by atoms with Gasteiger partial charge in [0.05, 0.1) is 12.5 Å². The van der Waals surface area contributed by atoms with Crippen molar-refractivity contribution in [3.05, 3.63) is 35.9 Å². The van der Waals surface area contributed by atoms with Crippen LogP contribution in [-0.2, 0) is 4.79 Å². The summed E-state index contributed by atoms with van der Waals surface area (Å²) in [6, 6.07) is 9.95. The molecule has 0 saturated heterocycles. The summed E-state index contributed by atoms with van der Waals surface area (Å²) < 4.78 is 0. The highest BCUT2D eigenvalue weighted by Crippen LogP contribution is 2.24. The Labute approximate surface area is 95.6 Å². The first-order valence-electron chi connectivity index (χ1n) is 5.59. The maximum absolute atomic E-state index is 11.6. The van der Waals surface area contributed by atoms with Crippen molar-refractivity contribution < 1.29 is 4.79 Å². The Morgan fingerprint density at radius 3 is 2.62 bits per heavy atom. The summed E-state index contributed by atoms with van der Waals surface area (Å²) in [7, 11) is 0. The van der Waals surface area contributed by atoms with Crippen LogP contribution >= 0.6 is 0 Å². The molecule has 1 amide bonds. The van der Waals surface area contributed by atoms with Crippen molar-refractivity contribution in [1.82, 2.24) is 5.32 Å². The molecule has 1 aliphatic heterocycles. The number of amides is 1. The molecule has 0 aliphatic carbocycles. The van der Waals surface area contributed by atoms with Gasteiger partial charge in [0, 0.05) is 5.92 Å². The maximum atomic E-state index is 11.6. The average molecular weight is 216 g/mol. The molecule has 0 spiro atoms. The second-order valence-corrected chi connectivity index (χ2v) is 4.35. The smallest absolute Gasteiger partial charge is 0.227 e. The fourth-order valence-electron chi connectivity index (χ4n) is 1.78. The van der Waals surface area contributed by atoms with Gasteiger partial charge in [-0.1, -0.05) is 44.2 Å². The number of hydrogen-bond acceptors (Lipinski definition) is 2. The number of rotatable bonds is 2. The number of nitrogens with one attached hydrogen (secondary N) is 1. The first-order chi connectivity index (χ1) is 7.66. The fourth-order valence-corrected chi connectivity index (χ4v) is 1.78. The molecule has 3 nitrogen and oxygen atoms in total. The minimum absolute atomic E-state index is 0.0210. The number of carbonyl (C=O) groups is 1. The summed E-state index contributed by atoms with van der Waals surface area (Å²) >= 11 is 0. The van der Waals surface area contributed by atoms with Crippen LogP contribution in [0.2, 0.25) is 0 Å². The molecular formula is C13H16N2O. The predicted molar refractivity (Wildman–Crippen MR) is 64.2 cm³/mol. The van der Waals surface area contributed by atoms with Gasteiger partial charge in [-0.15, -0.1) is 0 Å². The second kappa shape index (κ2) is 4.47. The summed E-state index contributed by atoms with van der Waals surface area (Å²) in [5.74, 6) is 1.12. The van der Waals surface area contributed by atoms with Gasteiger partial charge >= 0.3 is 0 Å². The SMILES string of the molecule is CC(C)C1=NC(c2ccccc2)CC(=O)N1. The van der Waals surface area contributed by atoms with Crippen molar-refractivity contribution in [3.63, 3.8) is 0 Å². The summed E-state index contributed by atoms with van der Waals surface area (Å²) in [5.41, 5.74) is 1.11. The molecule has 1 atom stereocenters. The predicted octanol–water partition coefficient (Wildman–Crippen LogP) is 2.30. The molecule has 1 aromatic carbocycles. The van der Waals surface area contributed by atoms with E-state index in [2.05, 4.69) is 10.3 Å². The lowest BCUT2D eigenvalue weighted by molar-refractivity contribution is -0.120. The van der Waals surface area contributed by atoms with Crippen LogP contribution in [0.5, 0.6) is 0 Å². The van der Waals surface area contributed by atoms with E-state index in [1.165, 1.54) is 0 Å². The zero-order valence-corrected chi connectivity index (χ0v) is 9.60. The van der Waals surface area contributed by atoms with Crippen molar-refractivity contribution in [3.8, 4) is 0 Å². The summed E-state index contributed by atoms with van der Waals surface area (Å²) in [5, 5.41) is 2.83. The summed E-state index contributed by atoms with van der Waals surface area (Å²) in [4.78, 5) is 16.2. The standard InChI is InChI=1S/C13H16N2O/c1-9(2)13-14-11(8-12(16)15-13)10-6-4-3-5-7-10/h3-7,9,11H,8H2,1-2H3,(H,14,15,16). The first-order valence-corrected chi connectivity index (χ1v) is 5.59. The number of carbonyl (C=O) groups excluding carboxylic acids is 1. The average Bonchev–Trinajstić information content (AvgIpc) is 2.29. The van der Waals surface area contributed by atoms with E-state index < -0.39 is 0 Å². The van der Waals surface area contributed by atoms with E-state index in [9.17, 15) is 4.79 Å². The van der Waals surface area contributed by atoms with Gasteiger partial charge < -0.3 is 5.32 Å². The van der Waals surface area contributed by atoms with Crippen LogP contribution in [0.3, 0.4) is 0 Å². The molecule has 0 saturated carbocycles. The van der Waals surface area contributed by atoms with Crippen LogP contribution in [0, 0.1) is 5.92 Å². The van der Waals surface area contributed by atoms with E-state index in [0.29, 0.717) is 6.42 Å². The van der Waals surface area contributed by atoms with Crippen molar-refractivity contribution >= 4 is 11.7 Å². The molecular weight excluding hydrogens is 200 g/mol. The summed E-state index contributed by atoms with van der Waals surface area (Å²) in [6.45, 7) is 4.07. The maximum Gasteiger partial charge on any atom is 0.227 e. The van der Waals surface area contributed by atoms with Gasteiger partial charge in [-0.2, -0.15) is 0 Å². The molecule has 1 N–H and O–H groups in total. The Morgan fingerprint density at radius 2 is 2.00 bits per heavy atom. The third-order valence-electron chi connectivity index (χ3n) is 2.67. The largest absolute Gasteiger partial charge is 0.314 e. The lowest BCUT2D eigenvalue weighted by Gasteiger charge is -2.23. The van der Waals surface area contributed by atoms with Crippen LogP contribution in [0.1, 0.15) is 31.9 Å².